The van der Waals surface area contributed by atoms with Gasteiger partial charge >= 0.3 is 0 Å². The van der Waals surface area contributed by atoms with Crippen molar-refractivity contribution in [2.45, 2.75) is 26.3 Å². The average molecular weight is 279 g/mol. The summed E-state index contributed by atoms with van der Waals surface area (Å²) in [6, 6.07) is 2.21. The number of ether oxygens (including phenoxy) is 1. The van der Waals surface area contributed by atoms with Crippen molar-refractivity contribution in [1.82, 2.24) is 5.32 Å². The number of morpholine rings is 1. The van der Waals surface area contributed by atoms with E-state index < -0.39 is 0 Å². The lowest BCUT2D eigenvalue weighted by Gasteiger charge is -2.23. The molecule has 0 radical (unpaired) electrons. The van der Waals surface area contributed by atoms with Crippen LogP contribution in [0.25, 0.3) is 0 Å². The number of nitriles is 1. The van der Waals surface area contributed by atoms with Crippen LogP contribution in [0.15, 0.2) is 0 Å². The number of hydrogen-bond acceptors (Lipinski definition) is 5. The lowest BCUT2D eigenvalue weighted by Crippen LogP contribution is -2.43. The Kier molecular flexibility index (Phi) is 4.53. The molecule has 0 bridgehead atoms. The molecule has 0 aromatic carbocycles. The van der Waals surface area contributed by atoms with Gasteiger partial charge < -0.3 is 15.4 Å². The van der Waals surface area contributed by atoms with Gasteiger partial charge in [0.05, 0.1) is 18.8 Å². The molecule has 2 heterocycles. The van der Waals surface area contributed by atoms with Crippen LogP contribution in [-0.2, 0) is 9.53 Å². The molecule has 0 aliphatic carbocycles. The number of carbonyl (C=O) groups excluding carboxylic acids is 1. The van der Waals surface area contributed by atoms with E-state index in [4.69, 9.17) is 10.00 Å². The van der Waals surface area contributed by atoms with E-state index in [1.165, 1.54) is 11.3 Å². The quantitative estimate of drug-likeness (QED) is 0.880. The van der Waals surface area contributed by atoms with Crippen molar-refractivity contribution in [3.8, 4) is 6.07 Å². The summed E-state index contributed by atoms with van der Waals surface area (Å²) >= 11 is 1.45. The molecule has 5 nitrogen and oxygen atoms in total. The minimum Gasteiger partial charge on any atom is -0.378 e. The summed E-state index contributed by atoms with van der Waals surface area (Å²) in [7, 11) is 0. The van der Waals surface area contributed by atoms with Crippen LogP contribution in [0.3, 0.4) is 0 Å². The second-order valence-corrected chi connectivity index (χ2v) is 5.80. The van der Waals surface area contributed by atoms with Crippen LogP contribution in [0, 0.1) is 25.2 Å². The van der Waals surface area contributed by atoms with Crippen molar-refractivity contribution < 1.29 is 9.53 Å². The number of nitrogens with one attached hydrogen (secondary N) is 2. The molecule has 1 aromatic heterocycles. The Hall–Kier alpha value is -1.42. The smallest absolute Gasteiger partial charge is 0.226 e. The highest BCUT2D eigenvalue weighted by Crippen LogP contribution is 2.31. The van der Waals surface area contributed by atoms with Crippen molar-refractivity contribution in [2.75, 3.05) is 25.1 Å². The van der Waals surface area contributed by atoms with Gasteiger partial charge in [-0.2, -0.15) is 5.26 Å². The summed E-state index contributed by atoms with van der Waals surface area (Å²) in [6.07, 6.45) is 0.362. The van der Waals surface area contributed by atoms with Crippen molar-refractivity contribution >= 4 is 22.2 Å². The fourth-order valence-corrected chi connectivity index (χ4v) is 3.03. The predicted octanol–water partition coefficient (Wildman–Crippen LogP) is 1.55. The highest BCUT2D eigenvalue weighted by molar-refractivity contribution is 7.16. The van der Waals surface area contributed by atoms with Gasteiger partial charge in [0, 0.05) is 23.9 Å². The zero-order chi connectivity index (χ0) is 13.8. The van der Waals surface area contributed by atoms with Crippen molar-refractivity contribution in [3.05, 3.63) is 16.0 Å². The normalized spacial score (nSPS) is 18.9. The highest BCUT2D eigenvalue weighted by atomic mass is 32.1. The third kappa shape index (κ3) is 3.32. The third-order valence-corrected chi connectivity index (χ3v) is 4.30. The number of thiophene rings is 1. The molecule has 102 valence electrons. The molecule has 1 aliphatic rings. The summed E-state index contributed by atoms with van der Waals surface area (Å²) < 4.78 is 5.31. The number of rotatable bonds is 3. The Labute approximate surface area is 116 Å². The largest absolute Gasteiger partial charge is 0.378 e. The van der Waals surface area contributed by atoms with E-state index in [9.17, 15) is 4.79 Å². The molecule has 1 fully saturated rings. The Morgan fingerprint density at radius 3 is 3.05 bits per heavy atom. The first-order valence-electron chi connectivity index (χ1n) is 6.23. The minimum atomic E-state index is -0.0826. The van der Waals surface area contributed by atoms with Gasteiger partial charge in [-0.3, -0.25) is 4.79 Å². The highest BCUT2D eigenvalue weighted by Gasteiger charge is 2.19. The Bertz CT molecular complexity index is 513. The molecule has 1 unspecified atom stereocenters. The van der Waals surface area contributed by atoms with Gasteiger partial charge in [-0.15, -0.1) is 11.3 Å². The Morgan fingerprint density at radius 2 is 2.42 bits per heavy atom. The zero-order valence-corrected chi connectivity index (χ0v) is 11.9. The number of amides is 1. The number of nitrogens with zero attached hydrogens (tertiary/aromatic N) is 1. The maximum atomic E-state index is 12.0. The lowest BCUT2D eigenvalue weighted by molar-refractivity contribution is -0.117. The van der Waals surface area contributed by atoms with E-state index in [2.05, 4.69) is 16.7 Å². The van der Waals surface area contributed by atoms with Gasteiger partial charge in [-0.25, -0.2) is 0 Å². The first kappa shape index (κ1) is 14.0. The first-order chi connectivity index (χ1) is 9.11. The van der Waals surface area contributed by atoms with Crippen LogP contribution < -0.4 is 10.6 Å². The molecule has 1 amide bonds. The summed E-state index contributed by atoms with van der Waals surface area (Å²) in [4.78, 5) is 13.0. The van der Waals surface area contributed by atoms with E-state index in [1.807, 2.05) is 13.8 Å². The third-order valence-electron chi connectivity index (χ3n) is 3.18. The summed E-state index contributed by atoms with van der Waals surface area (Å²) in [6.45, 7) is 5.88. The summed E-state index contributed by atoms with van der Waals surface area (Å²) in [5, 5.41) is 15.8. The number of anilines is 1. The second-order valence-electron chi connectivity index (χ2n) is 4.58. The van der Waals surface area contributed by atoms with Gasteiger partial charge in [0.25, 0.3) is 0 Å². The second kappa shape index (κ2) is 6.15. The molecule has 0 saturated carbocycles. The van der Waals surface area contributed by atoms with Gasteiger partial charge in [0.2, 0.25) is 5.91 Å². The SMILES string of the molecule is Cc1sc(NC(=O)CC2COCCN2)c(C#N)c1C. The molecule has 1 saturated heterocycles. The summed E-state index contributed by atoms with van der Waals surface area (Å²) in [5.41, 5.74) is 1.52. The maximum absolute atomic E-state index is 12.0. The number of hydrogen-bond donors (Lipinski definition) is 2. The Morgan fingerprint density at radius 1 is 1.63 bits per heavy atom. The number of aryl methyl sites for hydroxylation is 1. The molecule has 0 spiro atoms. The van der Waals surface area contributed by atoms with E-state index in [1.54, 1.807) is 0 Å². The molecule has 1 aromatic rings. The molecule has 1 atom stereocenters. The molecule has 1 aliphatic heterocycles. The fraction of sp³-hybridized carbons (Fsp3) is 0.538. The van der Waals surface area contributed by atoms with Gasteiger partial charge in [0.1, 0.15) is 11.1 Å². The van der Waals surface area contributed by atoms with Crippen LogP contribution in [0.2, 0.25) is 0 Å². The van der Waals surface area contributed by atoms with Crippen LogP contribution in [0.1, 0.15) is 22.4 Å². The standard InChI is InChI=1S/C13H17N3O2S/c1-8-9(2)19-13(11(8)6-14)16-12(17)5-10-7-18-4-3-15-10/h10,15H,3-5,7H2,1-2H3,(H,16,17). The van der Waals surface area contributed by atoms with Crippen LogP contribution >= 0.6 is 11.3 Å². The van der Waals surface area contributed by atoms with E-state index in [0.29, 0.717) is 30.2 Å². The topological polar surface area (TPSA) is 74.2 Å². The Balaban J connectivity index is 1.99. The van der Waals surface area contributed by atoms with E-state index in [-0.39, 0.29) is 11.9 Å². The molecular weight excluding hydrogens is 262 g/mol. The first-order valence-corrected chi connectivity index (χ1v) is 7.04. The monoisotopic (exact) mass is 279 g/mol. The van der Waals surface area contributed by atoms with E-state index >= 15 is 0 Å². The van der Waals surface area contributed by atoms with Crippen molar-refractivity contribution in [1.29, 1.82) is 5.26 Å². The van der Waals surface area contributed by atoms with Gasteiger partial charge in [0.15, 0.2) is 0 Å². The minimum absolute atomic E-state index is 0.0569. The average Bonchev–Trinajstić information content (AvgIpc) is 2.65. The lowest BCUT2D eigenvalue weighted by atomic mass is 10.1. The fourth-order valence-electron chi connectivity index (χ4n) is 2.00. The van der Waals surface area contributed by atoms with Gasteiger partial charge in [-0.05, 0) is 19.4 Å². The molecule has 19 heavy (non-hydrogen) atoms. The molecule has 2 N–H and O–H groups in total. The van der Waals surface area contributed by atoms with Crippen LogP contribution in [-0.4, -0.2) is 31.7 Å². The van der Waals surface area contributed by atoms with Crippen LogP contribution in [0.4, 0.5) is 5.00 Å². The number of carbonyl (C=O) groups is 1. The molecule has 2 rings (SSSR count). The predicted molar refractivity (Wildman–Crippen MR) is 74.4 cm³/mol. The van der Waals surface area contributed by atoms with E-state index in [0.717, 1.165) is 17.0 Å². The zero-order valence-electron chi connectivity index (χ0n) is 11.1. The summed E-state index contributed by atoms with van der Waals surface area (Å²) in [5.74, 6) is -0.0826. The molecular formula is C13H17N3O2S. The van der Waals surface area contributed by atoms with Crippen molar-refractivity contribution in [3.63, 3.8) is 0 Å². The maximum Gasteiger partial charge on any atom is 0.226 e. The van der Waals surface area contributed by atoms with Crippen LogP contribution in [0.5, 0.6) is 0 Å². The van der Waals surface area contributed by atoms with Crippen molar-refractivity contribution in [2.24, 2.45) is 0 Å². The van der Waals surface area contributed by atoms with Gasteiger partial charge in [-0.1, -0.05) is 0 Å². The molecule has 6 heteroatoms.